The number of anilines is 2. The third-order valence-corrected chi connectivity index (χ3v) is 5.72. The molecule has 5 nitrogen and oxygen atoms in total. The number of hydrogen-bond acceptors (Lipinski definition) is 5. The monoisotopic (exact) mass is 378 g/mol. The highest BCUT2D eigenvalue weighted by molar-refractivity contribution is 7.18. The lowest BCUT2D eigenvalue weighted by Gasteiger charge is -2.22. The van der Waals surface area contributed by atoms with Crippen LogP contribution in [0.15, 0.2) is 54.9 Å². The van der Waals surface area contributed by atoms with Gasteiger partial charge in [0.05, 0.1) is 17.6 Å². The summed E-state index contributed by atoms with van der Waals surface area (Å²) in [6, 6.07) is 13.9. The number of amides is 1. The summed E-state index contributed by atoms with van der Waals surface area (Å²) in [6.07, 6.45) is 9.47. The van der Waals surface area contributed by atoms with Crippen LogP contribution in [-0.4, -0.2) is 21.9 Å². The van der Waals surface area contributed by atoms with Crippen LogP contribution in [0.5, 0.6) is 0 Å². The van der Waals surface area contributed by atoms with Crippen LogP contribution in [0.4, 0.5) is 10.8 Å². The van der Waals surface area contributed by atoms with Crippen molar-refractivity contribution < 1.29 is 4.79 Å². The Hall–Kier alpha value is -2.73. The largest absolute Gasteiger partial charge is 0.359 e. The highest BCUT2D eigenvalue weighted by Gasteiger charge is 2.22. The molecule has 1 aliphatic rings. The Morgan fingerprint density at radius 2 is 1.85 bits per heavy atom. The van der Waals surface area contributed by atoms with E-state index in [2.05, 4.69) is 15.6 Å². The molecular weight excluding hydrogens is 356 g/mol. The summed E-state index contributed by atoms with van der Waals surface area (Å²) in [4.78, 5) is 22.4. The van der Waals surface area contributed by atoms with Crippen molar-refractivity contribution in [3.8, 4) is 11.3 Å². The van der Waals surface area contributed by atoms with Gasteiger partial charge in [-0.2, -0.15) is 0 Å². The molecule has 2 heterocycles. The quantitative estimate of drug-likeness (QED) is 0.640. The van der Waals surface area contributed by atoms with Gasteiger partial charge in [-0.05, 0) is 25.0 Å². The van der Waals surface area contributed by atoms with E-state index in [4.69, 9.17) is 4.98 Å². The smallest absolute Gasteiger partial charge is 0.268 e. The van der Waals surface area contributed by atoms with Crippen molar-refractivity contribution in [1.29, 1.82) is 0 Å². The van der Waals surface area contributed by atoms with Gasteiger partial charge in [-0.15, -0.1) is 0 Å². The SMILES string of the molecule is O=C(Nc1cccnc1)c1sc(NC2CCCCC2)nc1-c1ccccc1. The third kappa shape index (κ3) is 4.34. The van der Waals surface area contributed by atoms with Crippen molar-refractivity contribution in [1.82, 2.24) is 9.97 Å². The van der Waals surface area contributed by atoms with E-state index >= 15 is 0 Å². The number of nitrogens with one attached hydrogen (secondary N) is 2. The van der Waals surface area contributed by atoms with Crippen molar-refractivity contribution >= 4 is 28.1 Å². The molecule has 27 heavy (non-hydrogen) atoms. The number of hydrogen-bond donors (Lipinski definition) is 2. The van der Waals surface area contributed by atoms with Crippen LogP contribution in [0.2, 0.25) is 0 Å². The zero-order valence-electron chi connectivity index (χ0n) is 15.0. The van der Waals surface area contributed by atoms with Gasteiger partial charge in [0, 0.05) is 17.8 Å². The molecule has 0 unspecified atom stereocenters. The van der Waals surface area contributed by atoms with Crippen LogP contribution in [0, 0.1) is 0 Å². The predicted octanol–water partition coefficient (Wildman–Crippen LogP) is 5.20. The Morgan fingerprint density at radius 1 is 1.04 bits per heavy atom. The van der Waals surface area contributed by atoms with Crippen molar-refractivity contribution in [3.05, 3.63) is 59.7 Å². The molecule has 4 rings (SSSR count). The Balaban J connectivity index is 1.62. The zero-order valence-corrected chi connectivity index (χ0v) is 15.8. The van der Waals surface area contributed by atoms with Gasteiger partial charge in [-0.1, -0.05) is 60.9 Å². The molecule has 138 valence electrons. The molecule has 1 fully saturated rings. The van der Waals surface area contributed by atoms with E-state index < -0.39 is 0 Å². The number of benzene rings is 1. The molecule has 0 bridgehead atoms. The first-order valence-corrected chi connectivity index (χ1v) is 10.2. The minimum absolute atomic E-state index is 0.156. The van der Waals surface area contributed by atoms with Gasteiger partial charge in [-0.3, -0.25) is 9.78 Å². The summed E-state index contributed by atoms with van der Waals surface area (Å²) >= 11 is 1.42. The molecule has 0 atom stereocenters. The van der Waals surface area contributed by atoms with E-state index in [0.29, 0.717) is 16.6 Å². The summed E-state index contributed by atoms with van der Waals surface area (Å²) in [5.41, 5.74) is 2.35. The molecule has 6 heteroatoms. The second kappa shape index (κ2) is 8.31. The van der Waals surface area contributed by atoms with E-state index in [9.17, 15) is 4.79 Å². The van der Waals surface area contributed by atoms with Crippen LogP contribution in [0.1, 0.15) is 41.8 Å². The maximum absolute atomic E-state index is 12.9. The lowest BCUT2D eigenvalue weighted by Crippen LogP contribution is -2.21. The molecule has 0 radical (unpaired) electrons. The molecule has 2 aromatic heterocycles. The molecule has 3 aromatic rings. The minimum Gasteiger partial charge on any atom is -0.359 e. The summed E-state index contributed by atoms with van der Waals surface area (Å²) in [5, 5.41) is 7.29. The van der Waals surface area contributed by atoms with Gasteiger partial charge >= 0.3 is 0 Å². The molecule has 1 aliphatic carbocycles. The van der Waals surface area contributed by atoms with Crippen molar-refractivity contribution in [2.45, 2.75) is 38.1 Å². The fraction of sp³-hybridized carbons (Fsp3) is 0.286. The van der Waals surface area contributed by atoms with E-state index in [1.54, 1.807) is 18.5 Å². The summed E-state index contributed by atoms with van der Waals surface area (Å²) < 4.78 is 0. The molecule has 2 N–H and O–H groups in total. The van der Waals surface area contributed by atoms with Crippen LogP contribution in [0.25, 0.3) is 11.3 Å². The zero-order chi connectivity index (χ0) is 18.5. The highest BCUT2D eigenvalue weighted by atomic mass is 32.1. The second-order valence-electron chi connectivity index (χ2n) is 6.74. The summed E-state index contributed by atoms with van der Waals surface area (Å²) in [7, 11) is 0. The number of nitrogens with zero attached hydrogens (tertiary/aromatic N) is 2. The Morgan fingerprint density at radius 3 is 2.59 bits per heavy atom. The van der Waals surface area contributed by atoms with Crippen molar-refractivity contribution in [2.75, 3.05) is 10.6 Å². The topological polar surface area (TPSA) is 66.9 Å². The highest BCUT2D eigenvalue weighted by Crippen LogP contribution is 2.33. The first-order valence-electron chi connectivity index (χ1n) is 9.34. The lowest BCUT2D eigenvalue weighted by atomic mass is 9.96. The van der Waals surface area contributed by atoms with Crippen LogP contribution >= 0.6 is 11.3 Å². The number of pyridine rings is 1. The van der Waals surface area contributed by atoms with E-state index in [1.807, 2.05) is 36.4 Å². The van der Waals surface area contributed by atoms with Crippen molar-refractivity contribution in [2.24, 2.45) is 0 Å². The van der Waals surface area contributed by atoms with Gasteiger partial charge in [0.15, 0.2) is 5.13 Å². The first-order chi connectivity index (χ1) is 13.3. The van der Waals surface area contributed by atoms with Gasteiger partial charge in [0.2, 0.25) is 0 Å². The van der Waals surface area contributed by atoms with E-state index in [-0.39, 0.29) is 5.91 Å². The van der Waals surface area contributed by atoms with Crippen LogP contribution in [0.3, 0.4) is 0 Å². The van der Waals surface area contributed by atoms with E-state index in [1.165, 1.54) is 30.6 Å². The summed E-state index contributed by atoms with van der Waals surface area (Å²) in [6.45, 7) is 0. The number of aromatic nitrogens is 2. The summed E-state index contributed by atoms with van der Waals surface area (Å²) in [5.74, 6) is -0.156. The normalized spacial score (nSPS) is 14.7. The number of thiazole rings is 1. The number of rotatable bonds is 5. The van der Waals surface area contributed by atoms with Crippen LogP contribution < -0.4 is 10.6 Å². The van der Waals surface area contributed by atoms with Gasteiger partial charge in [-0.25, -0.2) is 4.98 Å². The predicted molar refractivity (Wildman–Crippen MR) is 110 cm³/mol. The van der Waals surface area contributed by atoms with Gasteiger partial charge < -0.3 is 10.6 Å². The van der Waals surface area contributed by atoms with Crippen LogP contribution in [-0.2, 0) is 0 Å². The lowest BCUT2D eigenvalue weighted by molar-refractivity contribution is 0.103. The van der Waals surface area contributed by atoms with E-state index in [0.717, 1.165) is 29.2 Å². The molecule has 0 spiro atoms. The number of carbonyl (C=O) groups excluding carboxylic acids is 1. The fourth-order valence-electron chi connectivity index (χ4n) is 3.37. The second-order valence-corrected chi connectivity index (χ2v) is 7.74. The van der Waals surface area contributed by atoms with Gasteiger partial charge in [0.1, 0.15) is 4.88 Å². The maximum Gasteiger partial charge on any atom is 0.268 e. The molecule has 0 saturated heterocycles. The first kappa shape index (κ1) is 17.7. The molecular formula is C21H22N4OS. The Labute approximate surface area is 162 Å². The average molecular weight is 379 g/mol. The molecule has 0 aliphatic heterocycles. The van der Waals surface area contributed by atoms with Crippen molar-refractivity contribution in [3.63, 3.8) is 0 Å². The molecule has 1 saturated carbocycles. The standard InChI is InChI=1S/C21H22N4OS/c26-20(23-17-12-7-13-22-14-17)19-18(15-8-3-1-4-9-15)25-21(27-19)24-16-10-5-2-6-11-16/h1,3-4,7-9,12-14,16H,2,5-6,10-11H2,(H,23,26)(H,24,25). The fourth-order valence-corrected chi connectivity index (χ4v) is 4.33. The van der Waals surface area contributed by atoms with Gasteiger partial charge in [0.25, 0.3) is 5.91 Å². The maximum atomic E-state index is 12.9. The minimum atomic E-state index is -0.156. The Bertz CT molecular complexity index is 889. The average Bonchev–Trinajstić information content (AvgIpc) is 3.14. The number of carbonyl (C=O) groups is 1. The molecule has 1 aromatic carbocycles. The third-order valence-electron chi connectivity index (χ3n) is 4.73. The Kier molecular flexibility index (Phi) is 5.44. The molecule has 1 amide bonds.